The van der Waals surface area contributed by atoms with Gasteiger partial charge in [0.25, 0.3) is 10.0 Å². The van der Waals surface area contributed by atoms with Crippen molar-refractivity contribution in [3.05, 3.63) is 54.7 Å². The summed E-state index contributed by atoms with van der Waals surface area (Å²) in [4.78, 5) is 2.18. The van der Waals surface area contributed by atoms with E-state index in [9.17, 15) is 8.42 Å². The molecule has 2 aromatic carbocycles. The van der Waals surface area contributed by atoms with Crippen LogP contribution in [0, 0.1) is 0 Å². The minimum atomic E-state index is -3.89. The number of rotatable bonds is 8. The maximum Gasteiger partial charge on any atom is 0.265 e. The first-order valence-corrected chi connectivity index (χ1v) is 11.7. The predicted octanol–water partition coefficient (Wildman–Crippen LogP) is 2.87. The zero-order chi connectivity index (χ0) is 23.3. The number of sulfonamides is 1. The van der Waals surface area contributed by atoms with Crippen molar-refractivity contribution in [2.75, 3.05) is 55.5 Å². The van der Waals surface area contributed by atoms with Gasteiger partial charge in [-0.3, -0.25) is 4.72 Å². The number of methoxy groups -OCH3 is 2. The average Bonchev–Trinajstić information content (AvgIpc) is 2.85. The first-order valence-electron chi connectivity index (χ1n) is 10.3. The number of ether oxygens (including phenoxy) is 3. The standard InChI is InChI=1S/C22H25N5O5S/c1-30-19-7-8-20(31-2)21(14-19)33(28,29)26-17-5-3-16(4-6-17)24-22-13-18(15-23-25-22)27-9-11-32-12-10-27/h3-8,13-15,26H,9-12H2,1-2H3,(H,24,25). The highest BCUT2D eigenvalue weighted by molar-refractivity contribution is 7.92. The van der Waals surface area contributed by atoms with Crippen LogP contribution in [0.3, 0.4) is 0 Å². The molecule has 174 valence electrons. The summed E-state index contributed by atoms with van der Waals surface area (Å²) in [5.74, 6) is 1.23. The molecule has 1 aliphatic heterocycles. The molecule has 0 amide bonds. The molecule has 11 heteroatoms. The van der Waals surface area contributed by atoms with Gasteiger partial charge in [0.1, 0.15) is 16.4 Å². The fourth-order valence-electron chi connectivity index (χ4n) is 3.39. The summed E-state index contributed by atoms with van der Waals surface area (Å²) >= 11 is 0. The Bertz CT molecular complexity index is 1200. The van der Waals surface area contributed by atoms with E-state index in [1.54, 1.807) is 42.6 Å². The lowest BCUT2D eigenvalue weighted by atomic mass is 10.3. The third-order valence-electron chi connectivity index (χ3n) is 5.09. The van der Waals surface area contributed by atoms with Crippen LogP contribution in [0.25, 0.3) is 0 Å². The van der Waals surface area contributed by atoms with Gasteiger partial charge in [-0.25, -0.2) is 8.42 Å². The molecule has 1 saturated heterocycles. The topological polar surface area (TPSA) is 115 Å². The maximum atomic E-state index is 12.9. The van der Waals surface area contributed by atoms with E-state index >= 15 is 0 Å². The monoisotopic (exact) mass is 471 g/mol. The van der Waals surface area contributed by atoms with Gasteiger partial charge >= 0.3 is 0 Å². The van der Waals surface area contributed by atoms with Crippen LogP contribution in [-0.2, 0) is 14.8 Å². The van der Waals surface area contributed by atoms with Crippen molar-refractivity contribution in [1.29, 1.82) is 0 Å². The molecule has 2 N–H and O–H groups in total. The minimum absolute atomic E-state index is 0.0123. The van der Waals surface area contributed by atoms with Gasteiger partial charge in [0, 0.05) is 36.6 Å². The molecule has 0 atom stereocenters. The molecule has 1 aromatic heterocycles. The zero-order valence-corrected chi connectivity index (χ0v) is 19.1. The Hall–Kier alpha value is -3.57. The molecule has 33 heavy (non-hydrogen) atoms. The average molecular weight is 472 g/mol. The van der Waals surface area contributed by atoms with Crippen molar-refractivity contribution in [2.24, 2.45) is 0 Å². The van der Waals surface area contributed by atoms with Crippen molar-refractivity contribution in [2.45, 2.75) is 4.90 Å². The SMILES string of the molecule is COc1ccc(OC)c(S(=O)(=O)Nc2ccc(Nc3cc(N4CCOCC4)cnn3)cc2)c1. The van der Waals surface area contributed by atoms with Crippen molar-refractivity contribution in [3.63, 3.8) is 0 Å². The Morgan fingerprint density at radius 3 is 2.39 bits per heavy atom. The summed E-state index contributed by atoms with van der Waals surface area (Å²) in [6, 6.07) is 13.3. The third kappa shape index (κ3) is 5.44. The summed E-state index contributed by atoms with van der Waals surface area (Å²) in [6.07, 6.45) is 1.72. The smallest absolute Gasteiger partial charge is 0.265 e. The van der Waals surface area contributed by atoms with E-state index in [1.807, 2.05) is 6.07 Å². The second kappa shape index (κ2) is 9.92. The van der Waals surface area contributed by atoms with E-state index in [0.29, 0.717) is 30.5 Å². The molecule has 0 saturated carbocycles. The normalized spacial score (nSPS) is 13.9. The molecule has 3 aromatic rings. The van der Waals surface area contributed by atoms with Gasteiger partial charge in [-0.15, -0.1) is 5.10 Å². The second-order valence-electron chi connectivity index (χ2n) is 7.22. The summed E-state index contributed by atoms with van der Waals surface area (Å²) in [5.41, 5.74) is 2.11. The van der Waals surface area contributed by atoms with Gasteiger partial charge in [0.2, 0.25) is 0 Å². The largest absolute Gasteiger partial charge is 0.497 e. The van der Waals surface area contributed by atoms with Crippen molar-refractivity contribution >= 4 is 32.9 Å². The Balaban J connectivity index is 1.47. The number of nitrogens with zero attached hydrogens (tertiary/aromatic N) is 3. The number of nitrogens with one attached hydrogen (secondary N) is 2. The van der Waals surface area contributed by atoms with Crippen LogP contribution in [0.15, 0.2) is 59.6 Å². The lowest BCUT2D eigenvalue weighted by Crippen LogP contribution is -2.36. The van der Waals surface area contributed by atoms with Gasteiger partial charge in [-0.2, -0.15) is 5.10 Å². The van der Waals surface area contributed by atoms with Crippen LogP contribution in [0.5, 0.6) is 11.5 Å². The second-order valence-corrected chi connectivity index (χ2v) is 8.87. The van der Waals surface area contributed by atoms with Crippen LogP contribution in [0.4, 0.5) is 22.9 Å². The van der Waals surface area contributed by atoms with Crippen molar-refractivity contribution in [1.82, 2.24) is 10.2 Å². The summed E-state index contributed by atoms with van der Waals surface area (Å²) < 4.78 is 44.1. The highest BCUT2D eigenvalue weighted by Gasteiger charge is 2.21. The summed E-state index contributed by atoms with van der Waals surface area (Å²) in [5, 5.41) is 11.4. The highest BCUT2D eigenvalue weighted by atomic mass is 32.2. The fourth-order valence-corrected chi connectivity index (χ4v) is 4.63. The molecule has 0 aliphatic carbocycles. The van der Waals surface area contributed by atoms with Crippen LogP contribution < -0.4 is 24.4 Å². The van der Waals surface area contributed by atoms with E-state index in [1.165, 1.54) is 20.3 Å². The molecule has 4 rings (SSSR count). The number of anilines is 4. The Morgan fingerprint density at radius 2 is 1.70 bits per heavy atom. The fraction of sp³-hybridized carbons (Fsp3) is 0.273. The van der Waals surface area contributed by atoms with Crippen LogP contribution in [0.2, 0.25) is 0 Å². The Morgan fingerprint density at radius 1 is 0.970 bits per heavy atom. The van der Waals surface area contributed by atoms with E-state index in [2.05, 4.69) is 25.1 Å². The van der Waals surface area contributed by atoms with Gasteiger partial charge in [0.05, 0.1) is 39.3 Å². The maximum absolute atomic E-state index is 12.9. The number of hydrogen-bond acceptors (Lipinski definition) is 9. The number of benzene rings is 2. The highest BCUT2D eigenvalue weighted by Crippen LogP contribution is 2.30. The van der Waals surface area contributed by atoms with Gasteiger partial charge in [-0.1, -0.05) is 0 Å². The Labute approximate surface area is 192 Å². The van der Waals surface area contributed by atoms with Crippen molar-refractivity contribution in [3.8, 4) is 11.5 Å². The molecule has 0 unspecified atom stereocenters. The van der Waals surface area contributed by atoms with Crippen LogP contribution in [-0.4, -0.2) is 59.1 Å². The van der Waals surface area contributed by atoms with Crippen LogP contribution >= 0.6 is 0 Å². The minimum Gasteiger partial charge on any atom is -0.497 e. The van der Waals surface area contributed by atoms with Crippen LogP contribution in [0.1, 0.15) is 0 Å². The van der Waals surface area contributed by atoms with E-state index in [0.717, 1.165) is 24.5 Å². The lowest BCUT2D eigenvalue weighted by molar-refractivity contribution is 0.122. The van der Waals surface area contributed by atoms with E-state index < -0.39 is 10.0 Å². The van der Waals surface area contributed by atoms with E-state index in [-0.39, 0.29) is 10.6 Å². The van der Waals surface area contributed by atoms with Gasteiger partial charge < -0.3 is 24.4 Å². The molecule has 0 bridgehead atoms. The first kappa shape index (κ1) is 22.6. The number of hydrogen-bond donors (Lipinski definition) is 2. The van der Waals surface area contributed by atoms with Gasteiger partial charge in [-0.05, 0) is 36.4 Å². The first-order chi connectivity index (χ1) is 16.0. The summed E-state index contributed by atoms with van der Waals surface area (Å²) in [6.45, 7) is 2.98. The number of morpholine rings is 1. The molecule has 10 nitrogen and oxygen atoms in total. The molecule has 0 radical (unpaired) electrons. The van der Waals surface area contributed by atoms with E-state index in [4.69, 9.17) is 14.2 Å². The summed E-state index contributed by atoms with van der Waals surface area (Å²) in [7, 11) is -1.01. The van der Waals surface area contributed by atoms with Gasteiger partial charge in [0.15, 0.2) is 5.82 Å². The molecular formula is C22H25N5O5S. The molecular weight excluding hydrogens is 446 g/mol. The van der Waals surface area contributed by atoms with Crippen molar-refractivity contribution < 1.29 is 22.6 Å². The quantitative estimate of drug-likeness (QED) is 0.512. The molecule has 0 spiro atoms. The zero-order valence-electron chi connectivity index (χ0n) is 18.3. The molecule has 2 heterocycles. The number of aromatic nitrogens is 2. The third-order valence-corrected chi connectivity index (χ3v) is 6.49. The molecule has 1 aliphatic rings. The predicted molar refractivity (Wildman–Crippen MR) is 125 cm³/mol. The Kier molecular flexibility index (Phi) is 6.80. The lowest BCUT2D eigenvalue weighted by Gasteiger charge is -2.28. The molecule has 1 fully saturated rings.